The van der Waals surface area contributed by atoms with E-state index >= 15 is 0 Å². The van der Waals surface area contributed by atoms with Gasteiger partial charge in [0.2, 0.25) is 0 Å². The molecule has 1 heterocycles. The van der Waals surface area contributed by atoms with Gasteiger partial charge in [-0.15, -0.1) is 11.3 Å². The highest BCUT2D eigenvalue weighted by Gasteiger charge is 2.40. The van der Waals surface area contributed by atoms with Gasteiger partial charge in [0.15, 0.2) is 0 Å². The molecule has 0 saturated carbocycles. The molecule has 1 aromatic rings. The Balaban J connectivity index is 2.51. The van der Waals surface area contributed by atoms with Crippen molar-refractivity contribution in [3.8, 4) is 0 Å². The maximum atomic E-state index is 6.78. The van der Waals surface area contributed by atoms with E-state index in [0.717, 1.165) is 51.5 Å². The SMILES string of the molecule is CCCCCCCCCCCCO[Si](CCc1cccs1)(OCCCCCCCCCCCC)OCCCCCCCCCCCC. The maximum Gasteiger partial charge on any atom is 0.501 e. The van der Waals surface area contributed by atoms with Gasteiger partial charge in [0.25, 0.3) is 0 Å². The van der Waals surface area contributed by atoms with Gasteiger partial charge in [-0.25, -0.2) is 0 Å². The van der Waals surface area contributed by atoms with Crippen molar-refractivity contribution in [2.24, 2.45) is 0 Å². The average molecular weight is 695 g/mol. The lowest BCUT2D eigenvalue weighted by atomic mass is 10.1. The zero-order valence-corrected chi connectivity index (χ0v) is 33.9. The number of rotatable bonds is 39. The van der Waals surface area contributed by atoms with Crippen molar-refractivity contribution in [1.29, 1.82) is 0 Å². The van der Waals surface area contributed by atoms with Crippen molar-refractivity contribution in [2.45, 2.75) is 226 Å². The number of hydrogen-bond acceptors (Lipinski definition) is 4. The number of hydrogen-bond donors (Lipinski definition) is 0. The second-order valence-electron chi connectivity index (χ2n) is 14.4. The second-order valence-corrected chi connectivity index (χ2v) is 18.1. The van der Waals surface area contributed by atoms with Gasteiger partial charge in [-0.05, 0) is 37.1 Å². The van der Waals surface area contributed by atoms with Crippen molar-refractivity contribution < 1.29 is 13.3 Å². The largest absolute Gasteiger partial charge is 0.501 e. The predicted molar refractivity (Wildman–Crippen MR) is 212 cm³/mol. The minimum absolute atomic E-state index is 0.795. The maximum absolute atomic E-state index is 6.78. The van der Waals surface area contributed by atoms with Gasteiger partial charge in [0, 0.05) is 30.7 Å². The summed E-state index contributed by atoms with van der Waals surface area (Å²) < 4.78 is 20.3. The topological polar surface area (TPSA) is 27.7 Å². The van der Waals surface area contributed by atoms with E-state index in [1.807, 2.05) is 11.3 Å². The molecule has 0 atom stereocenters. The lowest BCUT2D eigenvalue weighted by Crippen LogP contribution is -2.47. The number of unbranched alkanes of at least 4 members (excludes halogenated alkanes) is 27. The van der Waals surface area contributed by atoms with Crippen LogP contribution in [-0.2, 0) is 19.7 Å². The van der Waals surface area contributed by atoms with Crippen molar-refractivity contribution in [3.05, 3.63) is 22.4 Å². The van der Waals surface area contributed by atoms with Gasteiger partial charge in [-0.2, -0.15) is 0 Å². The van der Waals surface area contributed by atoms with Crippen LogP contribution in [0.1, 0.15) is 218 Å². The summed E-state index contributed by atoms with van der Waals surface area (Å²) in [6.07, 6.45) is 41.5. The van der Waals surface area contributed by atoms with Gasteiger partial charge >= 0.3 is 8.80 Å². The molecule has 0 spiro atoms. The second kappa shape index (κ2) is 35.6. The lowest BCUT2D eigenvalue weighted by Gasteiger charge is -2.30. The van der Waals surface area contributed by atoms with E-state index in [1.165, 1.54) is 178 Å². The molecule has 278 valence electrons. The zero-order chi connectivity index (χ0) is 33.8. The molecule has 5 heteroatoms. The molecule has 0 radical (unpaired) electrons. The van der Waals surface area contributed by atoms with E-state index in [1.54, 1.807) is 0 Å². The minimum atomic E-state index is -2.73. The molecular weight excluding hydrogens is 613 g/mol. The highest BCUT2D eigenvalue weighted by atomic mass is 32.1. The van der Waals surface area contributed by atoms with Crippen molar-refractivity contribution in [2.75, 3.05) is 19.8 Å². The molecule has 0 aromatic carbocycles. The molecule has 0 N–H and O–H groups in total. The number of thiophene rings is 1. The van der Waals surface area contributed by atoms with Crippen LogP contribution >= 0.6 is 11.3 Å². The first-order chi connectivity index (χ1) is 23.3. The van der Waals surface area contributed by atoms with Crippen LogP contribution in [0.25, 0.3) is 0 Å². The van der Waals surface area contributed by atoms with Crippen LogP contribution in [0.15, 0.2) is 17.5 Å². The van der Waals surface area contributed by atoms with Gasteiger partial charge in [-0.3, -0.25) is 0 Å². The Hall–Kier alpha value is -0.203. The fourth-order valence-electron chi connectivity index (χ4n) is 6.52. The third-order valence-corrected chi connectivity index (χ3v) is 13.4. The van der Waals surface area contributed by atoms with E-state index in [9.17, 15) is 0 Å². The van der Waals surface area contributed by atoms with Gasteiger partial charge in [-0.1, -0.05) is 200 Å². The standard InChI is InChI=1S/C42H82O3SSi/c1-4-7-10-13-16-19-22-25-28-31-37-43-47(41-36-42-35-34-40-46-42,44-38-32-29-26-23-20-17-14-11-8-5-2)45-39-33-30-27-24-21-18-15-12-9-6-3/h34-35,40H,4-33,36-39,41H2,1-3H3. The summed E-state index contributed by atoms with van der Waals surface area (Å²) in [6.45, 7) is 9.28. The Labute approximate surface area is 300 Å². The normalized spacial score (nSPS) is 12.0. The highest BCUT2D eigenvalue weighted by Crippen LogP contribution is 2.24. The van der Waals surface area contributed by atoms with Crippen LogP contribution in [0.2, 0.25) is 6.04 Å². The molecule has 0 aliphatic carbocycles. The summed E-state index contributed by atoms with van der Waals surface area (Å²) in [7, 11) is -2.73. The Morgan fingerprint density at radius 2 is 0.723 bits per heavy atom. The average Bonchev–Trinajstić information content (AvgIpc) is 3.61. The molecule has 0 saturated heterocycles. The van der Waals surface area contributed by atoms with Crippen molar-refractivity contribution in [1.82, 2.24) is 0 Å². The summed E-state index contributed by atoms with van der Waals surface area (Å²) in [5.41, 5.74) is 0. The van der Waals surface area contributed by atoms with E-state index < -0.39 is 8.80 Å². The van der Waals surface area contributed by atoms with Crippen LogP contribution in [0.5, 0.6) is 0 Å². The third kappa shape index (κ3) is 29.3. The molecule has 3 nitrogen and oxygen atoms in total. The molecule has 0 unspecified atom stereocenters. The van der Waals surface area contributed by atoms with Crippen LogP contribution < -0.4 is 0 Å². The molecule has 0 aliphatic heterocycles. The van der Waals surface area contributed by atoms with Gasteiger partial charge < -0.3 is 13.3 Å². The molecule has 0 amide bonds. The van der Waals surface area contributed by atoms with Gasteiger partial charge in [0.1, 0.15) is 0 Å². The van der Waals surface area contributed by atoms with Crippen LogP contribution in [-0.4, -0.2) is 28.6 Å². The molecule has 0 bridgehead atoms. The van der Waals surface area contributed by atoms with E-state index in [2.05, 4.69) is 38.3 Å². The van der Waals surface area contributed by atoms with E-state index in [4.69, 9.17) is 13.3 Å². The fraction of sp³-hybridized carbons (Fsp3) is 0.905. The summed E-state index contributed by atoms with van der Waals surface area (Å²) >= 11 is 1.86. The first kappa shape index (κ1) is 44.8. The third-order valence-electron chi connectivity index (χ3n) is 9.72. The molecule has 1 aromatic heterocycles. The number of aryl methyl sites for hydroxylation is 1. The Morgan fingerprint density at radius 1 is 0.426 bits per heavy atom. The summed E-state index contributed by atoms with van der Waals surface area (Å²) in [5, 5.41) is 2.19. The minimum Gasteiger partial charge on any atom is -0.373 e. The Morgan fingerprint density at radius 3 is 1.00 bits per heavy atom. The smallest absolute Gasteiger partial charge is 0.373 e. The van der Waals surface area contributed by atoms with Crippen molar-refractivity contribution >= 4 is 20.1 Å². The fourth-order valence-corrected chi connectivity index (χ4v) is 10.0. The first-order valence-electron chi connectivity index (χ1n) is 21.2. The predicted octanol–water partition coefficient (Wildman–Crippen LogP) is 15.0. The van der Waals surface area contributed by atoms with Crippen LogP contribution in [0.3, 0.4) is 0 Å². The molecule has 0 fully saturated rings. The van der Waals surface area contributed by atoms with Crippen LogP contribution in [0.4, 0.5) is 0 Å². The summed E-state index contributed by atoms with van der Waals surface area (Å²) in [5.74, 6) is 0. The lowest BCUT2D eigenvalue weighted by molar-refractivity contribution is 0.0553. The molecule has 0 aliphatic rings. The van der Waals surface area contributed by atoms with E-state index in [0.29, 0.717) is 0 Å². The first-order valence-corrected chi connectivity index (χ1v) is 24.0. The highest BCUT2D eigenvalue weighted by molar-refractivity contribution is 7.09. The zero-order valence-electron chi connectivity index (χ0n) is 32.1. The van der Waals surface area contributed by atoms with Crippen molar-refractivity contribution in [3.63, 3.8) is 0 Å². The van der Waals surface area contributed by atoms with Gasteiger partial charge in [0.05, 0.1) is 0 Å². The monoisotopic (exact) mass is 695 g/mol. The Bertz CT molecular complexity index is 648. The quantitative estimate of drug-likeness (QED) is 0.0507. The Kier molecular flexibility index (Phi) is 34.0. The van der Waals surface area contributed by atoms with Crippen LogP contribution in [0, 0.1) is 0 Å². The molecule has 1 rings (SSSR count). The molecular formula is C42H82O3SSi. The molecule has 47 heavy (non-hydrogen) atoms. The summed E-state index contributed by atoms with van der Waals surface area (Å²) in [4.78, 5) is 1.43. The van der Waals surface area contributed by atoms with E-state index in [-0.39, 0.29) is 0 Å². The summed E-state index contributed by atoms with van der Waals surface area (Å²) in [6, 6.07) is 5.35.